The zero-order valence-electron chi connectivity index (χ0n) is 18.2. The Hall–Kier alpha value is -3.38. The first kappa shape index (κ1) is 23.8. The highest BCUT2D eigenvalue weighted by molar-refractivity contribution is 7.86. The van der Waals surface area contributed by atoms with Crippen LogP contribution >= 0.6 is 0 Å². The monoisotopic (exact) mass is 485 g/mol. The number of carbonyl (C=O) groups is 1. The van der Waals surface area contributed by atoms with Crippen LogP contribution in [0.4, 0.5) is 5.82 Å². The fraction of sp³-hybridized carbons (Fsp3) is 0.261. The van der Waals surface area contributed by atoms with Crippen LogP contribution in [0, 0.1) is 6.92 Å². The van der Waals surface area contributed by atoms with E-state index in [9.17, 15) is 23.1 Å². The normalized spacial score (nSPS) is 20.2. The van der Waals surface area contributed by atoms with Crippen molar-refractivity contribution in [2.75, 3.05) is 11.9 Å². The topological polar surface area (TPSA) is 137 Å². The molecule has 1 amide bonds. The Kier molecular flexibility index (Phi) is 6.89. The molecule has 178 valence electrons. The van der Waals surface area contributed by atoms with Gasteiger partial charge in [0.05, 0.1) is 17.6 Å². The lowest BCUT2D eigenvalue weighted by Gasteiger charge is -2.16. The summed E-state index contributed by atoms with van der Waals surface area (Å²) < 4.78 is 36.7. The molecular formula is C23H23N3O7S. The Balaban J connectivity index is 1.39. The van der Waals surface area contributed by atoms with Gasteiger partial charge in [0.15, 0.2) is 0 Å². The molecule has 2 heterocycles. The van der Waals surface area contributed by atoms with E-state index >= 15 is 0 Å². The molecule has 1 fully saturated rings. The Morgan fingerprint density at radius 2 is 1.88 bits per heavy atom. The minimum Gasteiger partial charge on any atom is -0.390 e. The molecule has 11 heteroatoms. The van der Waals surface area contributed by atoms with Crippen molar-refractivity contribution in [3.05, 3.63) is 88.5 Å². The van der Waals surface area contributed by atoms with Gasteiger partial charge in [-0.2, -0.15) is 13.4 Å². The van der Waals surface area contributed by atoms with Gasteiger partial charge in [0.25, 0.3) is 16.0 Å². The van der Waals surface area contributed by atoms with Crippen molar-refractivity contribution < 1.29 is 27.2 Å². The fourth-order valence-electron chi connectivity index (χ4n) is 3.44. The molecule has 0 spiro atoms. The van der Waals surface area contributed by atoms with Gasteiger partial charge in [-0.1, -0.05) is 35.9 Å². The number of rotatable bonds is 7. The smallest absolute Gasteiger partial charge is 0.351 e. The van der Waals surface area contributed by atoms with Crippen molar-refractivity contribution in [1.29, 1.82) is 0 Å². The number of aromatic nitrogens is 2. The van der Waals surface area contributed by atoms with Crippen molar-refractivity contribution >= 4 is 21.8 Å². The van der Waals surface area contributed by atoms with Crippen LogP contribution in [-0.4, -0.2) is 47.8 Å². The standard InChI is InChI=1S/C23H23N3O7S/c1-15-7-9-17(10-8-15)34(30,31)32-14-19-18(27)13-21(33-19)26-12-11-20(25-23(26)29)24-22(28)16-5-3-2-4-6-16/h2-12,18-19,21,27H,13-14H2,1H3,(H,24,25,28,29)/t18-,19-,21-/m1/s1. The van der Waals surface area contributed by atoms with Gasteiger partial charge in [-0.15, -0.1) is 0 Å². The summed E-state index contributed by atoms with van der Waals surface area (Å²) in [6.45, 7) is 1.42. The van der Waals surface area contributed by atoms with Gasteiger partial charge < -0.3 is 15.2 Å². The van der Waals surface area contributed by atoms with Gasteiger partial charge >= 0.3 is 5.69 Å². The molecule has 3 atom stereocenters. The maximum Gasteiger partial charge on any atom is 0.351 e. The number of ether oxygens (including phenoxy) is 1. The van der Waals surface area contributed by atoms with Crippen molar-refractivity contribution in [1.82, 2.24) is 9.55 Å². The first-order valence-electron chi connectivity index (χ1n) is 10.5. The number of amides is 1. The highest BCUT2D eigenvalue weighted by atomic mass is 32.2. The third-order valence-corrected chi connectivity index (χ3v) is 6.61. The number of anilines is 1. The molecule has 4 rings (SSSR count). The van der Waals surface area contributed by atoms with Crippen molar-refractivity contribution in [2.45, 2.75) is 36.7 Å². The van der Waals surface area contributed by atoms with E-state index in [2.05, 4.69) is 10.3 Å². The largest absolute Gasteiger partial charge is 0.390 e. The van der Waals surface area contributed by atoms with E-state index in [4.69, 9.17) is 8.92 Å². The molecule has 0 bridgehead atoms. The quantitative estimate of drug-likeness (QED) is 0.484. The van der Waals surface area contributed by atoms with E-state index in [1.807, 2.05) is 6.92 Å². The molecule has 0 saturated carbocycles. The second-order valence-electron chi connectivity index (χ2n) is 7.81. The van der Waals surface area contributed by atoms with Crippen LogP contribution < -0.4 is 11.0 Å². The number of aliphatic hydroxyl groups is 1. The van der Waals surface area contributed by atoms with Gasteiger partial charge in [0, 0.05) is 18.2 Å². The summed E-state index contributed by atoms with van der Waals surface area (Å²) in [4.78, 5) is 28.6. The molecule has 1 aromatic heterocycles. The average molecular weight is 486 g/mol. The summed E-state index contributed by atoms with van der Waals surface area (Å²) in [7, 11) is -4.03. The molecule has 0 aliphatic carbocycles. The Morgan fingerprint density at radius 3 is 2.56 bits per heavy atom. The van der Waals surface area contributed by atoms with Gasteiger partial charge in [0.1, 0.15) is 18.1 Å². The van der Waals surface area contributed by atoms with E-state index in [0.29, 0.717) is 5.56 Å². The molecule has 10 nitrogen and oxygen atoms in total. The van der Waals surface area contributed by atoms with Crippen LogP contribution in [-0.2, 0) is 19.0 Å². The zero-order valence-corrected chi connectivity index (χ0v) is 19.0. The van der Waals surface area contributed by atoms with Crippen LogP contribution in [0.5, 0.6) is 0 Å². The van der Waals surface area contributed by atoms with Gasteiger partial charge in [-0.3, -0.25) is 13.5 Å². The van der Waals surface area contributed by atoms with E-state index < -0.39 is 46.8 Å². The van der Waals surface area contributed by atoms with Crippen LogP contribution in [0.3, 0.4) is 0 Å². The van der Waals surface area contributed by atoms with Crippen molar-refractivity contribution in [3.63, 3.8) is 0 Å². The van der Waals surface area contributed by atoms with Gasteiger partial charge in [-0.25, -0.2) is 4.79 Å². The number of nitrogens with zero attached hydrogens (tertiary/aromatic N) is 2. The predicted molar refractivity (Wildman–Crippen MR) is 122 cm³/mol. The summed E-state index contributed by atoms with van der Waals surface area (Å²) in [5.74, 6) is -0.345. The summed E-state index contributed by atoms with van der Waals surface area (Å²) in [6, 6.07) is 16.1. The molecule has 2 N–H and O–H groups in total. The summed E-state index contributed by atoms with van der Waals surface area (Å²) in [5, 5.41) is 12.9. The Morgan fingerprint density at radius 1 is 1.18 bits per heavy atom. The SMILES string of the molecule is Cc1ccc(S(=O)(=O)OC[C@H]2O[C@@H](n3ccc(NC(=O)c4ccccc4)nc3=O)C[C@H]2O)cc1. The molecular weight excluding hydrogens is 462 g/mol. The average Bonchev–Trinajstić information content (AvgIpc) is 3.19. The second-order valence-corrected chi connectivity index (χ2v) is 9.42. The highest BCUT2D eigenvalue weighted by Crippen LogP contribution is 2.28. The Labute approximate surface area is 195 Å². The second kappa shape index (κ2) is 9.85. The fourth-order valence-corrected chi connectivity index (χ4v) is 4.36. The number of benzene rings is 2. The summed E-state index contributed by atoms with van der Waals surface area (Å²) in [6.07, 6.45) is -1.46. The molecule has 1 aliphatic heterocycles. The van der Waals surface area contributed by atoms with E-state index in [1.54, 1.807) is 42.5 Å². The lowest BCUT2D eigenvalue weighted by atomic mass is 10.2. The van der Waals surface area contributed by atoms with Gasteiger partial charge in [0.2, 0.25) is 0 Å². The third-order valence-electron chi connectivity index (χ3n) is 5.32. The van der Waals surface area contributed by atoms with E-state index in [0.717, 1.165) is 10.1 Å². The molecule has 0 radical (unpaired) electrons. The van der Waals surface area contributed by atoms with Crippen LogP contribution in [0.2, 0.25) is 0 Å². The molecule has 2 aromatic carbocycles. The molecule has 1 aliphatic rings. The lowest BCUT2D eigenvalue weighted by molar-refractivity contribution is -0.0399. The molecule has 1 saturated heterocycles. The first-order chi connectivity index (χ1) is 16.2. The first-order valence-corrected chi connectivity index (χ1v) is 11.9. The number of aliphatic hydroxyl groups excluding tert-OH is 1. The number of aryl methyl sites for hydroxylation is 1. The molecule has 3 aromatic rings. The predicted octanol–water partition coefficient (Wildman–Crippen LogP) is 1.86. The van der Waals surface area contributed by atoms with E-state index in [1.165, 1.54) is 24.4 Å². The molecule has 34 heavy (non-hydrogen) atoms. The Bertz CT molecular complexity index is 1320. The third kappa shape index (κ3) is 5.39. The minimum absolute atomic E-state index is 0.00399. The van der Waals surface area contributed by atoms with Crippen LogP contribution in [0.1, 0.15) is 28.6 Å². The molecule has 0 unspecified atom stereocenters. The summed E-state index contributed by atoms with van der Waals surface area (Å²) in [5.41, 5.74) is 0.622. The van der Waals surface area contributed by atoms with Crippen molar-refractivity contribution in [3.8, 4) is 0 Å². The maximum atomic E-state index is 12.5. The number of carbonyl (C=O) groups excluding carboxylic acids is 1. The summed E-state index contributed by atoms with van der Waals surface area (Å²) >= 11 is 0. The van der Waals surface area contributed by atoms with Crippen molar-refractivity contribution in [2.24, 2.45) is 0 Å². The van der Waals surface area contributed by atoms with Crippen LogP contribution in [0.15, 0.2) is 76.6 Å². The lowest BCUT2D eigenvalue weighted by Crippen LogP contribution is -2.29. The highest BCUT2D eigenvalue weighted by Gasteiger charge is 2.37. The maximum absolute atomic E-state index is 12.5. The number of nitrogens with one attached hydrogen (secondary N) is 1. The van der Waals surface area contributed by atoms with E-state index in [-0.39, 0.29) is 17.1 Å². The zero-order chi connectivity index (χ0) is 24.3. The number of hydrogen-bond donors (Lipinski definition) is 2. The van der Waals surface area contributed by atoms with Gasteiger partial charge in [-0.05, 0) is 37.3 Å². The number of hydrogen-bond acceptors (Lipinski definition) is 8. The van der Waals surface area contributed by atoms with Crippen LogP contribution in [0.25, 0.3) is 0 Å². The minimum atomic E-state index is -4.03.